The summed E-state index contributed by atoms with van der Waals surface area (Å²) in [6.45, 7) is 3.18. The molecule has 3 N–H and O–H groups in total. The molecule has 2 rings (SSSR count). The van der Waals surface area contributed by atoms with Crippen molar-refractivity contribution in [2.75, 3.05) is 18.5 Å². The number of nitrogens with one attached hydrogen (secondary N) is 1. The summed E-state index contributed by atoms with van der Waals surface area (Å²) in [6.07, 6.45) is 2.64. The number of hydrogen-bond acceptors (Lipinski definition) is 4. The van der Waals surface area contributed by atoms with E-state index in [2.05, 4.69) is 5.32 Å². The predicted molar refractivity (Wildman–Crippen MR) is 77.8 cm³/mol. The van der Waals surface area contributed by atoms with E-state index in [0.717, 1.165) is 30.9 Å². The molecule has 2 atom stereocenters. The standard InChI is InChI=1S/C15H22N2O3/c1-11(16)8-15(18)17-12-4-2-5-13(9-12)20-10-14-6-3-7-19-14/h2,4-5,9,11,14H,3,6-8,10,16H2,1H3,(H,17,18). The normalized spacial score (nSPS) is 19.6. The molecule has 1 aromatic rings. The second kappa shape index (κ2) is 7.26. The van der Waals surface area contributed by atoms with Crippen molar-refractivity contribution in [1.29, 1.82) is 0 Å². The van der Waals surface area contributed by atoms with Crippen molar-refractivity contribution in [2.45, 2.75) is 38.3 Å². The molecule has 110 valence electrons. The minimum Gasteiger partial charge on any atom is -0.491 e. The fourth-order valence-corrected chi connectivity index (χ4v) is 2.13. The van der Waals surface area contributed by atoms with Crippen LogP contribution in [0.4, 0.5) is 5.69 Å². The van der Waals surface area contributed by atoms with E-state index in [1.807, 2.05) is 24.3 Å². The SMILES string of the molecule is CC(N)CC(=O)Nc1cccc(OCC2CCCO2)c1. The minimum atomic E-state index is -0.144. The number of hydrogen-bond donors (Lipinski definition) is 2. The molecule has 0 saturated carbocycles. The van der Waals surface area contributed by atoms with E-state index in [1.165, 1.54) is 0 Å². The summed E-state index contributed by atoms with van der Waals surface area (Å²) in [5, 5.41) is 2.81. The van der Waals surface area contributed by atoms with Crippen LogP contribution in [0.2, 0.25) is 0 Å². The van der Waals surface area contributed by atoms with Gasteiger partial charge in [0.15, 0.2) is 0 Å². The van der Waals surface area contributed by atoms with Gasteiger partial charge in [-0.3, -0.25) is 4.79 Å². The van der Waals surface area contributed by atoms with Crippen molar-refractivity contribution < 1.29 is 14.3 Å². The number of benzene rings is 1. The molecule has 1 heterocycles. The Balaban J connectivity index is 1.85. The molecular weight excluding hydrogens is 256 g/mol. The van der Waals surface area contributed by atoms with E-state index in [4.69, 9.17) is 15.2 Å². The lowest BCUT2D eigenvalue weighted by molar-refractivity contribution is -0.116. The molecule has 2 unspecified atom stereocenters. The number of ether oxygens (including phenoxy) is 2. The van der Waals surface area contributed by atoms with Crippen LogP contribution in [-0.2, 0) is 9.53 Å². The Hall–Kier alpha value is -1.59. The van der Waals surface area contributed by atoms with E-state index in [-0.39, 0.29) is 18.1 Å². The first-order chi connectivity index (χ1) is 9.63. The van der Waals surface area contributed by atoms with Gasteiger partial charge in [-0.05, 0) is 31.9 Å². The Morgan fingerprint density at radius 3 is 3.15 bits per heavy atom. The number of amides is 1. The van der Waals surface area contributed by atoms with Gasteiger partial charge in [-0.25, -0.2) is 0 Å². The molecule has 0 aliphatic carbocycles. The quantitative estimate of drug-likeness (QED) is 0.833. The number of anilines is 1. The van der Waals surface area contributed by atoms with Gasteiger partial charge in [0, 0.05) is 30.8 Å². The molecule has 0 bridgehead atoms. The largest absolute Gasteiger partial charge is 0.491 e. The topological polar surface area (TPSA) is 73.6 Å². The fraction of sp³-hybridized carbons (Fsp3) is 0.533. The van der Waals surface area contributed by atoms with Crippen LogP contribution in [-0.4, -0.2) is 31.3 Å². The average Bonchev–Trinajstić information content (AvgIpc) is 2.88. The van der Waals surface area contributed by atoms with Gasteiger partial charge in [0.2, 0.25) is 5.91 Å². The van der Waals surface area contributed by atoms with Gasteiger partial charge in [0.05, 0.1) is 6.10 Å². The molecule has 5 nitrogen and oxygen atoms in total. The first-order valence-corrected chi connectivity index (χ1v) is 7.03. The van der Waals surface area contributed by atoms with Crippen LogP contribution in [0, 0.1) is 0 Å². The van der Waals surface area contributed by atoms with Crippen LogP contribution >= 0.6 is 0 Å². The summed E-state index contributed by atoms with van der Waals surface area (Å²) in [7, 11) is 0. The van der Waals surface area contributed by atoms with Gasteiger partial charge < -0.3 is 20.5 Å². The number of carbonyl (C=O) groups excluding carboxylic acids is 1. The second-order valence-corrected chi connectivity index (χ2v) is 5.20. The minimum absolute atomic E-state index is 0.0868. The van der Waals surface area contributed by atoms with Gasteiger partial charge in [-0.2, -0.15) is 0 Å². The summed E-state index contributed by atoms with van der Waals surface area (Å²) in [6, 6.07) is 7.23. The Labute approximate surface area is 119 Å². The zero-order valence-electron chi connectivity index (χ0n) is 11.8. The Morgan fingerprint density at radius 1 is 1.60 bits per heavy atom. The van der Waals surface area contributed by atoms with Crippen LogP contribution < -0.4 is 15.8 Å². The molecule has 5 heteroatoms. The van der Waals surface area contributed by atoms with E-state index < -0.39 is 0 Å². The number of rotatable bonds is 6. The summed E-state index contributed by atoms with van der Waals surface area (Å²) >= 11 is 0. The molecule has 1 aliphatic heterocycles. The van der Waals surface area contributed by atoms with Gasteiger partial charge in [-0.15, -0.1) is 0 Å². The fourth-order valence-electron chi connectivity index (χ4n) is 2.13. The van der Waals surface area contributed by atoms with Gasteiger partial charge in [-0.1, -0.05) is 6.07 Å². The van der Waals surface area contributed by atoms with Gasteiger partial charge in [0.25, 0.3) is 0 Å². The molecule has 1 amide bonds. The summed E-state index contributed by atoms with van der Waals surface area (Å²) < 4.78 is 11.2. The van der Waals surface area contributed by atoms with E-state index in [1.54, 1.807) is 6.92 Å². The Bertz CT molecular complexity index is 442. The van der Waals surface area contributed by atoms with Crippen molar-refractivity contribution in [2.24, 2.45) is 5.73 Å². The molecule has 1 aromatic carbocycles. The highest BCUT2D eigenvalue weighted by molar-refractivity contribution is 5.91. The molecular formula is C15H22N2O3. The Morgan fingerprint density at radius 2 is 2.45 bits per heavy atom. The first-order valence-electron chi connectivity index (χ1n) is 7.03. The van der Waals surface area contributed by atoms with Crippen molar-refractivity contribution in [1.82, 2.24) is 0 Å². The van der Waals surface area contributed by atoms with Gasteiger partial charge in [0.1, 0.15) is 12.4 Å². The Kier molecular flexibility index (Phi) is 5.38. The molecule has 1 fully saturated rings. The highest BCUT2D eigenvalue weighted by atomic mass is 16.5. The van der Waals surface area contributed by atoms with Crippen LogP contribution in [0.3, 0.4) is 0 Å². The summed E-state index contributed by atoms with van der Waals surface area (Å²) in [4.78, 5) is 11.6. The molecule has 0 aromatic heterocycles. The zero-order chi connectivity index (χ0) is 14.4. The maximum atomic E-state index is 11.6. The summed E-state index contributed by atoms with van der Waals surface area (Å²) in [5.41, 5.74) is 6.32. The van der Waals surface area contributed by atoms with E-state index >= 15 is 0 Å². The lowest BCUT2D eigenvalue weighted by Crippen LogP contribution is -2.24. The zero-order valence-corrected chi connectivity index (χ0v) is 11.8. The maximum absolute atomic E-state index is 11.6. The maximum Gasteiger partial charge on any atom is 0.225 e. The molecule has 0 radical (unpaired) electrons. The molecule has 1 aliphatic rings. The lowest BCUT2D eigenvalue weighted by atomic mass is 10.2. The predicted octanol–water partition coefficient (Wildman–Crippen LogP) is 1.92. The van der Waals surface area contributed by atoms with E-state index in [0.29, 0.717) is 13.0 Å². The van der Waals surface area contributed by atoms with Crippen LogP contribution in [0.15, 0.2) is 24.3 Å². The van der Waals surface area contributed by atoms with Crippen LogP contribution in [0.25, 0.3) is 0 Å². The third-order valence-corrected chi connectivity index (χ3v) is 3.09. The van der Waals surface area contributed by atoms with Crippen LogP contribution in [0.5, 0.6) is 5.75 Å². The molecule has 0 spiro atoms. The van der Waals surface area contributed by atoms with Crippen molar-refractivity contribution in [3.8, 4) is 5.75 Å². The lowest BCUT2D eigenvalue weighted by Gasteiger charge is -2.13. The molecule has 20 heavy (non-hydrogen) atoms. The number of carbonyl (C=O) groups is 1. The van der Waals surface area contributed by atoms with Crippen LogP contribution in [0.1, 0.15) is 26.2 Å². The second-order valence-electron chi connectivity index (χ2n) is 5.20. The highest BCUT2D eigenvalue weighted by Crippen LogP contribution is 2.19. The molecule has 1 saturated heterocycles. The smallest absolute Gasteiger partial charge is 0.225 e. The average molecular weight is 278 g/mol. The van der Waals surface area contributed by atoms with Gasteiger partial charge >= 0.3 is 0 Å². The summed E-state index contributed by atoms with van der Waals surface area (Å²) in [5.74, 6) is 0.648. The van der Waals surface area contributed by atoms with E-state index in [9.17, 15) is 4.79 Å². The first kappa shape index (κ1) is 14.8. The van der Waals surface area contributed by atoms with Crippen molar-refractivity contribution in [3.05, 3.63) is 24.3 Å². The monoisotopic (exact) mass is 278 g/mol. The highest BCUT2D eigenvalue weighted by Gasteiger charge is 2.16. The number of nitrogens with two attached hydrogens (primary N) is 1. The third-order valence-electron chi connectivity index (χ3n) is 3.09. The third kappa shape index (κ3) is 4.83. The van der Waals surface area contributed by atoms with Crippen molar-refractivity contribution >= 4 is 11.6 Å². The van der Waals surface area contributed by atoms with Crippen molar-refractivity contribution in [3.63, 3.8) is 0 Å².